The molecular weight excluding hydrogens is 172 g/mol. The Morgan fingerprint density at radius 2 is 2.00 bits per heavy atom. The van der Waals surface area contributed by atoms with E-state index in [0.29, 0.717) is 12.1 Å². The molecule has 0 aliphatic rings. The second-order valence-corrected chi connectivity index (χ2v) is 3.97. The Balaban J connectivity index is 3.76. The van der Waals surface area contributed by atoms with Crippen LogP contribution < -0.4 is 10.6 Å². The Labute approximate surface area is 88.5 Å². The van der Waals surface area contributed by atoms with Gasteiger partial charge in [-0.05, 0) is 31.4 Å². The lowest BCUT2D eigenvalue weighted by Gasteiger charge is -2.16. The van der Waals surface area contributed by atoms with Gasteiger partial charge in [0, 0.05) is 6.20 Å². The summed E-state index contributed by atoms with van der Waals surface area (Å²) in [5.74, 6) is 0.688. The van der Waals surface area contributed by atoms with Crippen molar-refractivity contribution in [3.05, 3.63) is 24.4 Å². The minimum absolute atomic E-state index is 0.318. The van der Waals surface area contributed by atoms with E-state index in [2.05, 4.69) is 44.9 Å². The molecule has 0 aromatic rings. The number of allylic oxidation sites excluding steroid dienone is 2. The van der Waals surface area contributed by atoms with Crippen LogP contribution in [0.2, 0.25) is 0 Å². The highest BCUT2D eigenvalue weighted by Crippen LogP contribution is 1.98. The zero-order chi connectivity index (χ0) is 11.0. The molecule has 0 aliphatic heterocycles. The van der Waals surface area contributed by atoms with Crippen LogP contribution in [-0.4, -0.2) is 12.7 Å². The van der Waals surface area contributed by atoms with E-state index < -0.39 is 0 Å². The Kier molecular flexibility index (Phi) is 7.21. The molecule has 82 valence electrons. The predicted octanol–water partition coefficient (Wildman–Crippen LogP) is 2.65. The van der Waals surface area contributed by atoms with Gasteiger partial charge in [0.05, 0.1) is 6.17 Å². The standard InChI is InChI=1S/C12H24N2/c1-6-12(7-2)9-14-11(5)13-8-10(3)4/h6,9-11,13-14H,1,7-8H2,2-5H3/b12-9+/t11-/m0/s1. The number of rotatable bonds is 7. The molecule has 0 rings (SSSR count). The third-order valence-electron chi connectivity index (χ3n) is 2.02. The number of hydrogen-bond acceptors (Lipinski definition) is 2. The maximum absolute atomic E-state index is 3.76. The molecule has 0 amide bonds. The molecule has 14 heavy (non-hydrogen) atoms. The van der Waals surface area contributed by atoms with Crippen LogP contribution in [0.15, 0.2) is 24.4 Å². The molecule has 0 radical (unpaired) electrons. The summed E-state index contributed by atoms with van der Waals surface area (Å²) in [6.45, 7) is 13.5. The van der Waals surface area contributed by atoms with Crippen molar-refractivity contribution in [2.45, 2.75) is 40.3 Å². The van der Waals surface area contributed by atoms with Crippen molar-refractivity contribution in [3.8, 4) is 0 Å². The van der Waals surface area contributed by atoms with E-state index in [-0.39, 0.29) is 0 Å². The fraction of sp³-hybridized carbons (Fsp3) is 0.667. The van der Waals surface area contributed by atoms with Crippen LogP contribution in [0.5, 0.6) is 0 Å². The molecule has 0 bridgehead atoms. The van der Waals surface area contributed by atoms with Crippen molar-refractivity contribution in [2.75, 3.05) is 6.54 Å². The fourth-order valence-corrected chi connectivity index (χ4v) is 1.01. The third kappa shape index (κ3) is 6.72. The van der Waals surface area contributed by atoms with Crippen molar-refractivity contribution in [1.82, 2.24) is 10.6 Å². The Bertz CT molecular complexity index is 183. The average molecular weight is 196 g/mol. The first-order valence-corrected chi connectivity index (χ1v) is 5.41. The van der Waals surface area contributed by atoms with Crippen molar-refractivity contribution >= 4 is 0 Å². The topological polar surface area (TPSA) is 24.1 Å². The van der Waals surface area contributed by atoms with E-state index >= 15 is 0 Å². The minimum Gasteiger partial charge on any atom is -0.376 e. The average Bonchev–Trinajstić information content (AvgIpc) is 2.16. The molecule has 0 spiro atoms. The van der Waals surface area contributed by atoms with Crippen LogP contribution in [0, 0.1) is 5.92 Å². The van der Waals surface area contributed by atoms with Crippen molar-refractivity contribution in [1.29, 1.82) is 0 Å². The van der Waals surface area contributed by atoms with Crippen molar-refractivity contribution < 1.29 is 0 Å². The molecule has 2 heteroatoms. The van der Waals surface area contributed by atoms with Crippen LogP contribution in [0.25, 0.3) is 0 Å². The summed E-state index contributed by atoms with van der Waals surface area (Å²) in [6.07, 6.45) is 5.26. The molecule has 2 nitrogen and oxygen atoms in total. The lowest BCUT2D eigenvalue weighted by atomic mass is 10.2. The van der Waals surface area contributed by atoms with Crippen LogP contribution in [-0.2, 0) is 0 Å². The molecule has 0 saturated heterocycles. The molecule has 0 fully saturated rings. The number of nitrogens with one attached hydrogen (secondary N) is 2. The van der Waals surface area contributed by atoms with Gasteiger partial charge in [-0.25, -0.2) is 0 Å². The monoisotopic (exact) mass is 196 g/mol. The SMILES string of the molecule is C=C/C(=C\N[C@@H](C)NCC(C)C)CC. The second kappa shape index (κ2) is 7.63. The normalized spacial score (nSPS) is 14.2. The van der Waals surface area contributed by atoms with Gasteiger partial charge >= 0.3 is 0 Å². The molecule has 0 aliphatic carbocycles. The van der Waals surface area contributed by atoms with Crippen molar-refractivity contribution in [2.24, 2.45) is 5.92 Å². The lowest BCUT2D eigenvalue weighted by molar-refractivity contribution is 0.456. The van der Waals surface area contributed by atoms with Gasteiger partial charge in [0.15, 0.2) is 0 Å². The van der Waals surface area contributed by atoms with Gasteiger partial charge in [-0.15, -0.1) is 0 Å². The Hall–Kier alpha value is -0.760. The highest BCUT2D eigenvalue weighted by Gasteiger charge is 1.98. The molecule has 1 atom stereocenters. The summed E-state index contributed by atoms with van der Waals surface area (Å²) in [7, 11) is 0. The van der Waals surface area contributed by atoms with Gasteiger partial charge in [0.2, 0.25) is 0 Å². The molecule has 0 aromatic heterocycles. The maximum Gasteiger partial charge on any atom is 0.0734 e. The lowest BCUT2D eigenvalue weighted by Crippen LogP contribution is -2.38. The summed E-state index contributed by atoms with van der Waals surface area (Å²) in [5, 5.41) is 6.69. The zero-order valence-electron chi connectivity index (χ0n) is 9.93. The summed E-state index contributed by atoms with van der Waals surface area (Å²) in [4.78, 5) is 0. The maximum atomic E-state index is 3.76. The highest BCUT2D eigenvalue weighted by atomic mass is 15.1. The Morgan fingerprint density at radius 3 is 2.43 bits per heavy atom. The van der Waals surface area contributed by atoms with Gasteiger partial charge in [0.25, 0.3) is 0 Å². The van der Waals surface area contributed by atoms with Gasteiger partial charge in [-0.1, -0.05) is 33.4 Å². The second-order valence-electron chi connectivity index (χ2n) is 3.97. The first kappa shape index (κ1) is 13.2. The van der Waals surface area contributed by atoms with E-state index in [9.17, 15) is 0 Å². The Morgan fingerprint density at radius 1 is 1.36 bits per heavy atom. The molecule has 0 aromatic carbocycles. The van der Waals surface area contributed by atoms with Crippen LogP contribution >= 0.6 is 0 Å². The smallest absolute Gasteiger partial charge is 0.0734 e. The van der Waals surface area contributed by atoms with Crippen LogP contribution in [0.4, 0.5) is 0 Å². The van der Waals surface area contributed by atoms with E-state index in [1.807, 2.05) is 12.3 Å². The summed E-state index contributed by atoms with van der Waals surface area (Å²) < 4.78 is 0. The molecule has 0 unspecified atom stereocenters. The van der Waals surface area contributed by atoms with Gasteiger partial charge in [0.1, 0.15) is 0 Å². The summed E-state index contributed by atoms with van der Waals surface area (Å²) in [6, 6.07) is 0. The first-order valence-electron chi connectivity index (χ1n) is 5.41. The van der Waals surface area contributed by atoms with Crippen LogP contribution in [0.3, 0.4) is 0 Å². The summed E-state index contributed by atoms with van der Waals surface area (Å²) >= 11 is 0. The molecule has 0 heterocycles. The zero-order valence-corrected chi connectivity index (χ0v) is 9.93. The van der Waals surface area contributed by atoms with E-state index in [0.717, 1.165) is 13.0 Å². The molecular formula is C12H24N2. The van der Waals surface area contributed by atoms with Crippen LogP contribution in [0.1, 0.15) is 34.1 Å². The molecule has 2 N–H and O–H groups in total. The van der Waals surface area contributed by atoms with Gasteiger partial charge < -0.3 is 5.32 Å². The molecule has 0 saturated carbocycles. The largest absolute Gasteiger partial charge is 0.376 e. The number of hydrogen-bond donors (Lipinski definition) is 2. The third-order valence-corrected chi connectivity index (χ3v) is 2.02. The van der Waals surface area contributed by atoms with Crippen molar-refractivity contribution in [3.63, 3.8) is 0 Å². The van der Waals surface area contributed by atoms with Gasteiger partial charge in [-0.2, -0.15) is 0 Å². The highest BCUT2D eigenvalue weighted by molar-refractivity contribution is 5.14. The summed E-state index contributed by atoms with van der Waals surface area (Å²) in [5.41, 5.74) is 1.24. The van der Waals surface area contributed by atoms with E-state index in [1.54, 1.807) is 0 Å². The predicted molar refractivity (Wildman–Crippen MR) is 64.0 cm³/mol. The van der Waals surface area contributed by atoms with E-state index in [4.69, 9.17) is 0 Å². The quantitative estimate of drug-likeness (QED) is 0.483. The van der Waals surface area contributed by atoms with E-state index in [1.165, 1.54) is 5.57 Å². The van der Waals surface area contributed by atoms with Gasteiger partial charge in [-0.3, -0.25) is 5.32 Å². The fourth-order valence-electron chi connectivity index (χ4n) is 1.01. The first-order chi connectivity index (χ1) is 6.60. The minimum atomic E-state index is 0.318.